The quantitative estimate of drug-likeness (QED) is 0.648. The fourth-order valence-corrected chi connectivity index (χ4v) is 1.80. The first kappa shape index (κ1) is 13.7. The second kappa shape index (κ2) is 7.06. The van der Waals surface area contributed by atoms with Crippen LogP contribution in [0.5, 0.6) is 0 Å². The molecule has 0 aliphatic heterocycles. The van der Waals surface area contributed by atoms with Gasteiger partial charge in [0.25, 0.3) is 0 Å². The first-order valence-electron chi connectivity index (χ1n) is 5.07. The summed E-state index contributed by atoms with van der Waals surface area (Å²) in [6.45, 7) is 1.89. The van der Waals surface area contributed by atoms with Crippen molar-refractivity contribution in [2.24, 2.45) is 0 Å². The Balaban J connectivity index is 2.47. The zero-order chi connectivity index (χ0) is 12.7. The van der Waals surface area contributed by atoms with Crippen molar-refractivity contribution < 1.29 is 13.6 Å². The Morgan fingerprint density at radius 3 is 2.94 bits per heavy atom. The van der Waals surface area contributed by atoms with E-state index in [4.69, 9.17) is 0 Å². The van der Waals surface area contributed by atoms with Crippen LogP contribution in [0.4, 0.5) is 14.5 Å². The van der Waals surface area contributed by atoms with Gasteiger partial charge in [0, 0.05) is 11.8 Å². The minimum Gasteiger partial charge on any atom is -0.323 e. The second-order valence-electron chi connectivity index (χ2n) is 3.26. The van der Waals surface area contributed by atoms with E-state index in [1.807, 2.05) is 19.1 Å². The zero-order valence-electron chi connectivity index (χ0n) is 9.37. The number of halogens is 2. The molecule has 1 amide bonds. The van der Waals surface area contributed by atoms with Gasteiger partial charge in [-0.1, -0.05) is 12.2 Å². The Kier molecular flexibility index (Phi) is 5.69. The van der Waals surface area contributed by atoms with Crippen molar-refractivity contribution in [1.29, 1.82) is 0 Å². The van der Waals surface area contributed by atoms with Gasteiger partial charge < -0.3 is 5.32 Å². The molecule has 1 rings (SSSR count). The van der Waals surface area contributed by atoms with Gasteiger partial charge in [0.2, 0.25) is 5.91 Å². The molecule has 0 atom stereocenters. The van der Waals surface area contributed by atoms with Gasteiger partial charge in [0.1, 0.15) is 11.6 Å². The maximum Gasteiger partial charge on any atom is 0.234 e. The standard InChI is InChI=1S/C12H13F2NOS/c1-2-3-6-17-8-12(16)15-11-7-9(13)4-5-10(11)14/h2-5,7H,6,8H2,1H3,(H,15,16). The molecule has 0 spiro atoms. The topological polar surface area (TPSA) is 29.1 Å². The van der Waals surface area contributed by atoms with Crippen LogP contribution in [0.25, 0.3) is 0 Å². The molecule has 2 nitrogen and oxygen atoms in total. The maximum absolute atomic E-state index is 13.2. The minimum absolute atomic E-state index is 0.123. The SMILES string of the molecule is CC=CCSCC(=O)Nc1cc(F)ccc1F. The number of benzene rings is 1. The van der Waals surface area contributed by atoms with Crippen LogP contribution >= 0.6 is 11.8 Å². The van der Waals surface area contributed by atoms with Crippen LogP contribution in [-0.2, 0) is 4.79 Å². The lowest BCUT2D eigenvalue weighted by atomic mass is 10.3. The Bertz CT molecular complexity index is 421. The van der Waals surface area contributed by atoms with Crippen LogP contribution in [0.1, 0.15) is 6.92 Å². The first-order chi connectivity index (χ1) is 8.13. The number of nitrogens with one attached hydrogen (secondary N) is 1. The zero-order valence-corrected chi connectivity index (χ0v) is 10.2. The van der Waals surface area contributed by atoms with Crippen LogP contribution in [0, 0.1) is 11.6 Å². The van der Waals surface area contributed by atoms with Crippen molar-refractivity contribution in [1.82, 2.24) is 0 Å². The van der Waals surface area contributed by atoms with Crippen molar-refractivity contribution in [3.8, 4) is 0 Å². The number of thioether (sulfide) groups is 1. The molecule has 0 saturated carbocycles. The third-order valence-electron chi connectivity index (χ3n) is 1.89. The highest BCUT2D eigenvalue weighted by atomic mass is 32.2. The Labute approximate surface area is 103 Å². The summed E-state index contributed by atoms with van der Waals surface area (Å²) >= 11 is 1.40. The number of hydrogen-bond donors (Lipinski definition) is 1. The number of allylic oxidation sites excluding steroid dienone is 1. The molecule has 5 heteroatoms. The molecule has 1 aromatic rings. The summed E-state index contributed by atoms with van der Waals surface area (Å²) in [4.78, 5) is 11.4. The van der Waals surface area contributed by atoms with Crippen LogP contribution in [0.15, 0.2) is 30.4 Å². The van der Waals surface area contributed by atoms with Gasteiger partial charge in [-0.15, -0.1) is 11.8 Å². The highest BCUT2D eigenvalue weighted by molar-refractivity contribution is 8.00. The molecule has 0 unspecified atom stereocenters. The van der Waals surface area contributed by atoms with Crippen LogP contribution in [-0.4, -0.2) is 17.4 Å². The minimum atomic E-state index is -0.641. The molecule has 17 heavy (non-hydrogen) atoms. The lowest BCUT2D eigenvalue weighted by Gasteiger charge is -2.05. The third-order valence-corrected chi connectivity index (χ3v) is 2.78. The van der Waals surface area contributed by atoms with Crippen molar-refractivity contribution >= 4 is 23.4 Å². The van der Waals surface area contributed by atoms with E-state index >= 15 is 0 Å². The van der Waals surface area contributed by atoms with E-state index in [2.05, 4.69) is 5.32 Å². The summed E-state index contributed by atoms with van der Waals surface area (Å²) in [5.41, 5.74) is -0.123. The van der Waals surface area contributed by atoms with Gasteiger partial charge in [0.05, 0.1) is 11.4 Å². The number of amides is 1. The normalized spacial score (nSPS) is 10.8. The van der Waals surface area contributed by atoms with Gasteiger partial charge in [-0.25, -0.2) is 8.78 Å². The molecule has 0 radical (unpaired) electrons. The van der Waals surface area contributed by atoms with E-state index < -0.39 is 11.6 Å². The van der Waals surface area contributed by atoms with E-state index in [1.165, 1.54) is 11.8 Å². The first-order valence-corrected chi connectivity index (χ1v) is 6.22. The fraction of sp³-hybridized carbons (Fsp3) is 0.250. The molecule has 0 aliphatic carbocycles. The largest absolute Gasteiger partial charge is 0.323 e. The molecular weight excluding hydrogens is 244 g/mol. The molecule has 1 N–H and O–H groups in total. The van der Waals surface area contributed by atoms with Crippen molar-refractivity contribution in [3.05, 3.63) is 42.0 Å². The number of anilines is 1. The van der Waals surface area contributed by atoms with Crippen LogP contribution in [0.2, 0.25) is 0 Å². The van der Waals surface area contributed by atoms with Gasteiger partial charge in [-0.2, -0.15) is 0 Å². The molecule has 0 bridgehead atoms. The van der Waals surface area contributed by atoms with Crippen molar-refractivity contribution in [2.75, 3.05) is 16.8 Å². The van der Waals surface area contributed by atoms with E-state index in [0.29, 0.717) is 0 Å². The summed E-state index contributed by atoms with van der Waals surface area (Å²) in [6, 6.07) is 2.95. The van der Waals surface area contributed by atoms with E-state index in [1.54, 1.807) is 0 Å². The Hall–Kier alpha value is -1.36. The Morgan fingerprint density at radius 1 is 1.47 bits per heavy atom. The fourth-order valence-electron chi connectivity index (χ4n) is 1.10. The van der Waals surface area contributed by atoms with Crippen molar-refractivity contribution in [2.45, 2.75) is 6.92 Å². The van der Waals surface area contributed by atoms with Gasteiger partial charge in [-0.3, -0.25) is 4.79 Å². The molecule has 0 fully saturated rings. The molecule has 0 aromatic heterocycles. The molecular formula is C12H13F2NOS. The second-order valence-corrected chi connectivity index (χ2v) is 4.29. The molecule has 92 valence electrons. The predicted molar refractivity (Wildman–Crippen MR) is 67.1 cm³/mol. The number of carbonyl (C=O) groups excluding carboxylic acids is 1. The van der Waals surface area contributed by atoms with Gasteiger partial charge in [-0.05, 0) is 19.1 Å². The average molecular weight is 257 g/mol. The summed E-state index contributed by atoms with van der Waals surface area (Å²) in [5.74, 6) is -0.638. The summed E-state index contributed by atoms with van der Waals surface area (Å²) in [6.07, 6.45) is 3.80. The molecule has 1 aromatic carbocycles. The van der Waals surface area contributed by atoms with Gasteiger partial charge in [0.15, 0.2) is 0 Å². The summed E-state index contributed by atoms with van der Waals surface area (Å²) in [5, 5.41) is 2.33. The van der Waals surface area contributed by atoms with Crippen molar-refractivity contribution in [3.63, 3.8) is 0 Å². The smallest absolute Gasteiger partial charge is 0.234 e. The third kappa shape index (κ3) is 4.99. The summed E-state index contributed by atoms with van der Waals surface area (Å²) < 4.78 is 26.0. The lowest BCUT2D eigenvalue weighted by Crippen LogP contribution is -2.15. The monoisotopic (exact) mass is 257 g/mol. The van der Waals surface area contributed by atoms with Gasteiger partial charge >= 0.3 is 0 Å². The maximum atomic E-state index is 13.2. The number of carbonyl (C=O) groups is 1. The number of rotatable bonds is 5. The van der Waals surface area contributed by atoms with E-state index in [0.717, 1.165) is 24.0 Å². The molecule has 0 saturated heterocycles. The lowest BCUT2D eigenvalue weighted by molar-refractivity contribution is -0.113. The predicted octanol–water partition coefficient (Wildman–Crippen LogP) is 3.21. The highest BCUT2D eigenvalue weighted by Gasteiger charge is 2.07. The highest BCUT2D eigenvalue weighted by Crippen LogP contribution is 2.15. The molecule has 0 aliphatic rings. The van der Waals surface area contributed by atoms with E-state index in [-0.39, 0.29) is 17.3 Å². The number of hydrogen-bond acceptors (Lipinski definition) is 2. The average Bonchev–Trinajstić information content (AvgIpc) is 2.29. The summed E-state index contributed by atoms with van der Waals surface area (Å²) in [7, 11) is 0. The van der Waals surface area contributed by atoms with E-state index in [9.17, 15) is 13.6 Å². The Morgan fingerprint density at radius 2 is 2.24 bits per heavy atom. The molecule has 0 heterocycles. The van der Waals surface area contributed by atoms with Crippen LogP contribution in [0.3, 0.4) is 0 Å². The van der Waals surface area contributed by atoms with Crippen LogP contribution < -0.4 is 5.32 Å².